The molecule has 6 heteroatoms. The van der Waals surface area contributed by atoms with E-state index in [2.05, 4.69) is 18.8 Å². The highest BCUT2D eigenvalue weighted by Gasteiger charge is 2.31. The molecule has 0 aliphatic carbocycles. The molecule has 1 aromatic heterocycles. The van der Waals surface area contributed by atoms with Gasteiger partial charge in [0.1, 0.15) is 5.82 Å². The van der Waals surface area contributed by atoms with Crippen molar-refractivity contribution in [3.05, 3.63) is 17.7 Å². The van der Waals surface area contributed by atoms with Crippen molar-refractivity contribution in [1.82, 2.24) is 4.98 Å². The lowest BCUT2D eigenvalue weighted by atomic mass is 10.2. The Labute approximate surface area is 103 Å². The summed E-state index contributed by atoms with van der Waals surface area (Å²) in [7, 11) is 0. The summed E-state index contributed by atoms with van der Waals surface area (Å²) in [6.45, 7) is 4.13. The number of hydrogen-bond donors (Lipinski definition) is 1. The van der Waals surface area contributed by atoms with Crippen LogP contribution in [0.4, 0.5) is 19.0 Å². The monoisotopic (exact) mass is 264 g/mol. The molecule has 2 nitrogen and oxygen atoms in total. The molecular formula is C11H15F3N2S. The lowest BCUT2D eigenvalue weighted by Gasteiger charge is -2.10. The van der Waals surface area contributed by atoms with E-state index in [0.717, 1.165) is 24.3 Å². The molecule has 0 aromatic carbocycles. The minimum Gasteiger partial charge on any atom is -0.384 e. The Kier molecular flexibility index (Phi) is 4.68. The zero-order chi connectivity index (χ0) is 13.1. The maximum Gasteiger partial charge on any atom is 0.416 e. The number of rotatable bonds is 4. The normalized spacial score (nSPS) is 12.1. The molecule has 0 bridgehead atoms. The van der Waals surface area contributed by atoms with E-state index in [1.165, 1.54) is 11.8 Å². The molecule has 0 spiro atoms. The summed E-state index contributed by atoms with van der Waals surface area (Å²) in [4.78, 5) is 3.88. The largest absolute Gasteiger partial charge is 0.416 e. The first kappa shape index (κ1) is 14.2. The van der Waals surface area contributed by atoms with Crippen LogP contribution < -0.4 is 5.73 Å². The average molecular weight is 264 g/mol. The summed E-state index contributed by atoms with van der Waals surface area (Å²) in [6, 6.07) is 1.90. The summed E-state index contributed by atoms with van der Waals surface area (Å²) >= 11 is 1.30. The summed E-state index contributed by atoms with van der Waals surface area (Å²) < 4.78 is 37.5. The number of anilines is 1. The van der Waals surface area contributed by atoms with Gasteiger partial charge in [0.05, 0.1) is 10.6 Å². The van der Waals surface area contributed by atoms with Crippen LogP contribution in [0.5, 0.6) is 0 Å². The fraction of sp³-hybridized carbons (Fsp3) is 0.545. The van der Waals surface area contributed by atoms with E-state index in [1.54, 1.807) is 0 Å². The summed E-state index contributed by atoms with van der Waals surface area (Å²) in [5.74, 6) is 1.17. The zero-order valence-electron chi connectivity index (χ0n) is 9.71. The van der Waals surface area contributed by atoms with Gasteiger partial charge in [-0.25, -0.2) is 4.98 Å². The zero-order valence-corrected chi connectivity index (χ0v) is 10.5. The van der Waals surface area contributed by atoms with Gasteiger partial charge >= 0.3 is 6.18 Å². The van der Waals surface area contributed by atoms with E-state index < -0.39 is 11.7 Å². The first-order chi connectivity index (χ1) is 7.79. The number of nitrogens with zero attached hydrogens (tertiary/aromatic N) is 1. The van der Waals surface area contributed by atoms with Crippen LogP contribution in [0.3, 0.4) is 0 Å². The molecule has 1 heterocycles. The van der Waals surface area contributed by atoms with Gasteiger partial charge in [0.25, 0.3) is 0 Å². The van der Waals surface area contributed by atoms with Crippen molar-refractivity contribution >= 4 is 17.6 Å². The van der Waals surface area contributed by atoms with Crippen molar-refractivity contribution in [3.63, 3.8) is 0 Å². The lowest BCUT2D eigenvalue weighted by molar-refractivity contribution is -0.137. The van der Waals surface area contributed by atoms with E-state index in [0.29, 0.717) is 10.9 Å². The van der Waals surface area contributed by atoms with Gasteiger partial charge in [0, 0.05) is 0 Å². The second-order valence-electron chi connectivity index (χ2n) is 4.15. The Balaban J connectivity index is 2.76. The van der Waals surface area contributed by atoms with Crippen LogP contribution in [0.2, 0.25) is 0 Å². The van der Waals surface area contributed by atoms with Gasteiger partial charge in [-0.2, -0.15) is 13.2 Å². The Bertz CT molecular complexity index is 377. The highest BCUT2D eigenvalue weighted by molar-refractivity contribution is 7.99. The molecular weight excluding hydrogens is 249 g/mol. The Hall–Kier alpha value is -0.910. The fourth-order valence-corrected chi connectivity index (χ4v) is 2.34. The van der Waals surface area contributed by atoms with Crippen LogP contribution in [-0.2, 0) is 6.18 Å². The van der Waals surface area contributed by atoms with Crippen LogP contribution in [0.1, 0.15) is 25.8 Å². The maximum atomic E-state index is 12.5. The Morgan fingerprint density at radius 2 is 2.00 bits per heavy atom. The second-order valence-corrected chi connectivity index (χ2v) is 5.26. The van der Waals surface area contributed by atoms with Crippen molar-refractivity contribution in [2.75, 3.05) is 11.5 Å². The Morgan fingerprint density at radius 3 is 2.53 bits per heavy atom. The molecule has 0 unspecified atom stereocenters. The molecule has 1 rings (SSSR count). The van der Waals surface area contributed by atoms with E-state index in [-0.39, 0.29) is 5.82 Å². The summed E-state index contributed by atoms with van der Waals surface area (Å²) in [5, 5.41) is 0.331. The quantitative estimate of drug-likeness (QED) is 0.840. The second kappa shape index (κ2) is 5.62. The first-order valence-corrected chi connectivity index (χ1v) is 6.25. The van der Waals surface area contributed by atoms with Crippen LogP contribution >= 0.6 is 11.8 Å². The van der Waals surface area contributed by atoms with Crippen molar-refractivity contribution in [3.8, 4) is 0 Å². The molecule has 1 aromatic rings. The highest BCUT2D eigenvalue weighted by atomic mass is 32.2. The smallest absolute Gasteiger partial charge is 0.384 e. The predicted molar refractivity (Wildman–Crippen MR) is 63.8 cm³/mol. The van der Waals surface area contributed by atoms with Crippen LogP contribution in [0.15, 0.2) is 17.2 Å². The van der Waals surface area contributed by atoms with Crippen molar-refractivity contribution in [2.24, 2.45) is 5.92 Å². The number of halogens is 3. The number of alkyl halides is 3. The lowest BCUT2D eigenvalue weighted by Crippen LogP contribution is -2.07. The summed E-state index contributed by atoms with van der Waals surface area (Å²) in [5.41, 5.74) is 4.62. The molecule has 0 atom stereocenters. The SMILES string of the molecule is CC(C)CCSc1cc(C(F)(F)F)cc(N)n1. The van der Waals surface area contributed by atoms with E-state index in [1.807, 2.05) is 0 Å². The standard InChI is InChI=1S/C11H15F3N2S/c1-7(2)3-4-17-10-6-8(11(12,13)14)5-9(15)16-10/h5-7H,3-4H2,1-2H3,(H2,15,16). The topological polar surface area (TPSA) is 38.9 Å². The number of nitrogen functional groups attached to an aromatic ring is 1. The minimum atomic E-state index is -4.37. The molecule has 0 aliphatic heterocycles. The summed E-state index contributed by atoms with van der Waals surface area (Å²) in [6.07, 6.45) is -3.44. The first-order valence-electron chi connectivity index (χ1n) is 5.26. The van der Waals surface area contributed by atoms with Gasteiger partial charge in [0.2, 0.25) is 0 Å². The third-order valence-corrected chi connectivity index (χ3v) is 3.04. The van der Waals surface area contributed by atoms with Gasteiger partial charge in [-0.3, -0.25) is 0 Å². The van der Waals surface area contributed by atoms with E-state index in [4.69, 9.17) is 5.73 Å². The molecule has 0 saturated carbocycles. The molecule has 2 N–H and O–H groups in total. The minimum absolute atomic E-state index is 0.0909. The molecule has 0 fully saturated rings. The fourth-order valence-electron chi connectivity index (χ4n) is 1.16. The van der Waals surface area contributed by atoms with Crippen molar-refractivity contribution < 1.29 is 13.2 Å². The Morgan fingerprint density at radius 1 is 1.35 bits per heavy atom. The molecule has 0 amide bonds. The number of aromatic nitrogens is 1. The predicted octanol–water partition coefficient (Wildman–Crippen LogP) is 3.82. The van der Waals surface area contributed by atoms with Gasteiger partial charge < -0.3 is 5.73 Å². The van der Waals surface area contributed by atoms with Crippen LogP contribution in [0, 0.1) is 5.92 Å². The van der Waals surface area contributed by atoms with Crippen molar-refractivity contribution in [1.29, 1.82) is 0 Å². The van der Waals surface area contributed by atoms with Crippen LogP contribution in [0.25, 0.3) is 0 Å². The number of hydrogen-bond acceptors (Lipinski definition) is 3. The molecule has 96 valence electrons. The van der Waals surface area contributed by atoms with Crippen molar-refractivity contribution in [2.45, 2.75) is 31.5 Å². The number of thioether (sulfide) groups is 1. The molecule has 0 saturated heterocycles. The maximum absolute atomic E-state index is 12.5. The van der Waals surface area contributed by atoms with Crippen LogP contribution in [-0.4, -0.2) is 10.7 Å². The molecule has 0 radical (unpaired) electrons. The highest BCUT2D eigenvalue weighted by Crippen LogP contribution is 2.32. The molecule has 0 aliphatic rings. The van der Waals surface area contributed by atoms with Gasteiger partial charge in [-0.15, -0.1) is 11.8 Å². The third-order valence-electron chi connectivity index (χ3n) is 2.09. The van der Waals surface area contributed by atoms with Gasteiger partial charge in [-0.1, -0.05) is 13.8 Å². The third kappa shape index (κ3) is 4.85. The average Bonchev–Trinajstić information content (AvgIpc) is 2.14. The molecule has 17 heavy (non-hydrogen) atoms. The van der Waals surface area contributed by atoms with Gasteiger partial charge in [0.15, 0.2) is 0 Å². The number of pyridine rings is 1. The van der Waals surface area contributed by atoms with E-state index >= 15 is 0 Å². The van der Waals surface area contributed by atoms with Gasteiger partial charge in [-0.05, 0) is 30.2 Å². The van der Waals surface area contributed by atoms with E-state index in [9.17, 15) is 13.2 Å². The number of nitrogens with two attached hydrogens (primary N) is 1.